The summed E-state index contributed by atoms with van der Waals surface area (Å²) in [6.45, 7) is 8.82. The Hall–Kier alpha value is -10.7. The third-order valence-corrected chi connectivity index (χ3v) is 18.1. The van der Waals surface area contributed by atoms with Crippen LogP contribution in [0.25, 0.3) is 64.6 Å². The largest absolute Gasteiger partial charge is 0.310 e. The van der Waals surface area contributed by atoms with Gasteiger partial charge in [-0.15, -0.1) is 0 Å². The lowest BCUT2D eigenvalue weighted by molar-refractivity contribution is 0.731. The molecule has 0 unspecified atom stereocenters. The first-order valence-corrected chi connectivity index (χ1v) is 30.0. The summed E-state index contributed by atoms with van der Waals surface area (Å²) >= 11 is 0. The van der Waals surface area contributed by atoms with Crippen LogP contribution in [0, 0.1) is 27.7 Å². The fraction of sp³-hybridized carbons (Fsp3) is 0.0602. The topological polar surface area (TPSA) is 9.72 Å². The Bertz CT molecular complexity index is 4760. The van der Waals surface area contributed by atoms with Crippen molar-refractivity contribution in [3.63, 3.8) is 0 Å². The van der Waals surface area contributed by atoms with Crippen molar-refractivity contribution in [3.8, 4) is 0 Å². The van der Waals surface area contributed by atoms with Gasteiger partial charge < -0.3 is 14.7 Å². The second-order valence-electron chi connectivity index (χ2n) is 23.6. The number of benzene rings is 15. The lowest BCUT2D eigenvalue weighted by Crippen LogP contribution is -2.37. The molecule has 1 aliphatic heterocycles. The number of anilines is 9. The van der Waals surface area contributed by atoms with Crippen LogP contribution >= 0.6 is 0 Å². The molecule has 0 saturated heterocycles. The van der Waals surface area contributed by atoms with E-state index in [0.717, 1.165) is 51.2 Å². The van der Waals surface area contributed by atoms with Crippen LogP contribution < -0.4 is 14.7 Å². The van der Waals surface area contributed by atoms with E-state index in [1.54, 1.807) is 0 Å². The summed E-state index contributed by atoms with van der Waals surface area (Å²) in [5, 5.41) is 15.1. The molecule has 86 heavy (non-hydrogen) atoms. The highest BCUT2D eigenvalue weighted by Gasteiger charge is 2.46. The number of fused-ring (bicyclic) bond motifs is 14. The van der Waals surface area contributed by atoms with Gasteiger partial charge in [0.1, 0.15) is 0 Å². The zero-order chi connectivity index (χ0) is 57.6. The molecule has 0 aliphatic carbocycles. The molecule has 0 spiro atoms. The van der Waals surface area contributed by atoms with Crippen LogP contribution in [-0.2, 0) is 5.41 Å². The smallest absolute Gasteiger partial charge is 0.0742 e. The molecule has 1 aliphatic rings. The van der Waals surface area contributed by atoms with E-state index in [4.69, 9.17) is 0 Å². The molecule has 408 valence electrons. The average molecular weight is 1100 g/mol. The van der Waals surface area contributed by atoms with E-state index in [1.807, 2.05) is 0 Å². The molecule has 0 bridgehead atoms. The number of hydrogen-bond acceptors (Lipinski definition) is 3. The summed E-state index contributed by atoms with van der Waals surface area (Å²) in [5.41, 5.74) is 18.9. The fourth-order valence-corrected chi connectivity index (χ4v) is 14.7. The Morgan fingerprint density at radius 2 is 0.523 bits per heavy atom. The Labute approximate surface area is 502 Å². The maximum Gasteiger partial charge on any atom is 0.0742 e. The van der Waals surface area contributed by atoms with E-state index in [-0.39, 0.29) is 0 Å². The average Bonchev–Trinajstić information content (AvgIpc) is 0.827. The molecule has 0 radical (unpaired) electrons. The zero-order valence-electron chi connectivity index (χ0n) is 48.6. The SMILES string of the molecule is Cc1cc(C)cc(N(c2ccc(C3(c4ccc(N(c5cc(C)cc(C)c5)c5ccc6c7ccccc7c7ccccc7c6c5)cc4)c4ccccc4N(c4ccccc4)c4ccccc43)cc2)c2ccc3c4ccccc4c4ccccc4c3c2)c1. The van der Waals surface area contributed by atoms with Gasteiger partial charge in [0, 0.05) is 39.8 Å². The van der Waals surface area contributed by atoms with E-state index in [2.05, 4.69) is 340 Å². The third-order valence-electron chi connectivity index (χ3n) is 18.1. The standard InChI is InChI=1S/C83H61N3/c1-54-46-55(2)49-65(48-54)84(63-42-44-75-71-26-10-8-22-67(71)69-24-12-14-28-73(69)77(75)52-63)61-38-34-58(35-39-61)83(79-30-16-18-32-81(79)86(60-20-6-5-7-21-60)82-33-19-17-31-80(82)83)59-36-40-62(41-37-59)85(66-50-56(3)47-57(4)51-66)64-43-45-76-72-27-11-9-23-68(72)70-25-13-15-29-74(70)78(76)53-64/h5-53H,1-4H3. The molecule has 0 aromatic heterocycles. The van der Waals surface area contributed by atoms with Crippen molar-refractivity contribution in [2.24, 2.45) is 0 Å². The normalized spacial score (nSPS) is 12.7. The molecule has 0 amide bonds. The van der Waals surface area contributed by atoms with Crippen molar-refractivity contribution in [3.05, 3.63) is 342 Å². The predicted molar refractivity (Wildman–Crippen MR) is 366 cm³/mol. The van der Waals surface area contributed by atoms with Crippen molar-refractivity contribution in [2.75, 3.05) is 14.7 Å². The third kappa shape index (κ3) is 8.10. The number of rotatable bonds is 9. The Morgan fingerprint density at radius 3 is 0.884 bits per heavy atom. The lowest BCUT2D eigenvalue weighted by atomic mass is 9.62. The lowest BCUT2D eigenvalue weighted by Gasteiger charge is -2.46. The number of hydrogen-bond donors (Lipinski definition) is 0. The van der Waals surface area contributed by atoms with Crippen LogP contribution in [0.5, 0.6) is 0 Å². The summed E-state index contributed by atoms with van der Waals surface area (Å²) in [5.74, 6) is 0. The highest BCUT2D eigenvalue weighted by atomic mass is 15.2. The second-order valence-corrected chi connectivity index (χ2v) is 23.6. The Morgan fingerprint density at radius 1 is 0.233 bits per heavy atom. The van der Waals surface area contributed by atoms with Gasteiger partial charge in [-0.3, -0.25) is 0 Å². The van der Waals surface area contributed by atoms with Gasteiger partial charge in [0.2, 0.25) is 0 Å². The summed E-state index contributed by atoms with van der Waals surface area (Å²) in [6, 6.07) is 111. The van der Waals surface area contributed by atoms with Crippen molar-refractivity contribution >= 4 is 116 Å². The number of aryl methyl sites for hydroxylation is 4. The van der Waals surface area contributed by atoms with Crippen LogP contribution in [0.4, 0.5) is 51.2 Å². The van der Waals surface area contributed by atoms with E-state index < -0.39 is 5.41 Å². The van der Waals surface area contributed by atoms with Gasteiger partial charge in [0.05, 0.1) is 16.8 Å². The minimum atomic E-state index is -0.753. The quantitative estimate of drug-likeness (QED) is 0.133. The van der Waals surface area contributed by atoms with Gasteiger partial charge in [-0.2, -0.15) is 0 Å². The molecule has 0 atom stereocenters. The highest BCUT2D eigenvalue weighted by molar-refractivity contribution is 6.27. The van der Waals surface area contributed by atoms with Gasteiger partial charge in [0.15, 0.2) is 0 Å². The Balaban J connectivity index is 0.905. The summed E-state index contributed by atoms with van der Waals surface area (Å²) in [4.78, 5) is 7.36. The summed E-state index contributed by atoms with van der Waals surface area (Å²) in [7, 11) is 0. The molecular weight excluding hydrogens is 1040 g/mol. The molecule has 3 heteroatoms. The summed E-state index contributed by atoms with van der Waals surface area (Å²) in [6.07, 6.45) is 0. The van der Waals surface area contributed by atoms with E-state index >= 15 is 0 Å². The van der Waals surface area contributed by atoms with Gasteiger partial charge in [-0.05, 0) is 234 Å². The van der Waals surface area contributed by atoms with Gasteiger partial charge in [-0.1, -0.05) is 200 Å². The maximum absolute atomic E-state index is 2.45. The number of nitrogens with zero attached hydrogens (tertiary/aromatic N) is 3. The van der Waals surface area contributed by atoms with Crippen LogP contribution in [0.3, 0.4) is 0 Å². The van der Waals surface area contributed by atoms with Gasteiger partial charge in [0.25, 0.3) is 0 Å². The van der Waals surface area contributed by atoms with Gasteiger partial charge in [-0.25, -0.2) is 0 Å². The van der Waals surface area contributed by atoms with Crippen LogP contribution in [0.1, 0.15) is 44.5 Å². The molecular formula is C83H61N3. The molecule has 15 aromatic carbocycles. The fourth-order valence-electron chi connectivity index (χ4n) is 14.7. The zero-order valence-corrected chi connectivity index (χ0v) is 48.6. The van der Waals surface area contributed by atoms with Crippen molar-refractivity contribution in [2.45, 2.75) is 33.1 Å². The van der Waals surface area contributed by atoms with Crippen molar-refractivity contribution in [1.82, 2.24) is 0 Å². The van der Waals surface area contributed by atoms with Crippen LogP contribution in [0.2, 0.25) is 0 Å². The second kappa shape index (κ2) is 20.3. The molecule has 0 N–H and O–H groups in total. The predicted octanol–water partition coefficient (Wildman–Crippen LogP) is 22.9. The van der Waals surface area contributed by atoms with E-state index in [0.29, 0.717) is 0 Å². The highest BCUT2D eigenvalue weighted by Crippen LogP contribution is 2.58. The minimum absolute atomic E-state index is 0.753. The molecule has 0 saturated carbocycles. The van der Waals surface area contributed by atoms with E-state index in [1.165, 1.54) is 109 Å². The first-order valence-electron chi connectivity index (χ1n) is 30.0. The van der Waals surface area contributed by atoms with Gasteiger partial charge >= 0.3 is 0 Å². The monoisotopic (exact) mass is 1100 g/mol. The molecule has 3 nitrogen and oxygen atoms in total. The molecule has 0 fully saturated rings. The first-order chi connectivity index (χ1) is 42.3. The minimum Gasteiger partial charge on any atom is -0.310 e. The first kappa shape index (κ1) is 50.9. The van der Waals surface area contributed by atoms with Crippen molar-refractivity contribution in [1.29, 1.82) is 0 Å². The van der Waals surface area contributed by atoms with Crippen molar-refractivity contribution < 1.29 is 0 Å². The maximum atomic E-state index is 2.45. The molecule has 15 aromatic rings. The summed E-state index contributed by atoms with van der Waals surface area (Å²) < 4.78 is 0. The number of para-hydroxylation sites is 3. The molecule has 16 rings (SSSR count). The molecule has 1 heterocycles. The van der Waals surface area contributed by atoms with E-state index in [9.17, 15) is 0 Å². The van der Waals surface area contributed by atoms with Crippen LogP contribution in [-0.4, -0.2) is 0 Å². The Kier molecular flexibility index (Phi) is 12.0. The van der Waals surface area contributed by atoms with Crippen LogP contribution in [0.15, 0.2) is 297 Å².